The van der Waals surface area contributed by atoms with Crippen molar-refractivity contribution in [2.45, 2.75) is 29.9 Å². The number of nitro groups is 1. The SMILES string of the molecule is COC1CC(NS(=O)(=O)c2c(N)cc([N+](=O)[O-])cc2F)C1. The van der Waals surface area contributed by atoms with Crippen molar-refractivity contribution in [1.29, 1.82) is 0 Å². The molecule has 116 valence electrons. The highest BCUT2D eigenvalue weighted by molar-refractivity contribution is 7.89. The monoisotopic (exact) mass is 319 g/mol. The number of ether oxygens (including phenoxy) is 1. The standard InChI is InChI=1S/C11H14FN3O5S/c1-20-8-2-6(3-8)14-21(18,19)11-9(12)4-7(15(16)17)5-10(11)13/h4-6,8,14H,2-3,13H2,1H3. The number of sulfonamides is 1. The molecule has 8 nitrogen and oxygen atoms in total. The number of hydrogen-bond donors (Lipinski definition) is 2. The van der Waals surface area contributed by atoms with Crippen molar-refractivity contribution in [3.63, 3.8) is 0 Å². The van der Waals surface area contributed by atoms with E-state index in [2.05, 4.69) is 4.72 Å². The fraction of sp³-hybridized carbons (Fsp3) is 0.455. The van der Waals surface area contributed by atoms with Gasteiger partial charge in [-0.1, -0.05) is 0 Å². The Morgan fingerprint density at radius 1 is 1.48 bits per heavy atom. The molecule has 1 fully saturated rings. The third-order valence-corrected chi connectivity index (χ3v) is 4.90. The van der Waals surface area contributed by atoms with Crippen LogP contribution >= 0.6 is 0 Å². The lowest BCUT2D eigenvalue weighted by Gasteiger charge is -2.34. The molecule has 0 amide bonds. The van der Waals surface area contributed by atoms with E-state index >= 15 is 0 Å². The van der Waals surface area contributed by atoms with E-state index in [4.69, 9.17) is 10.5 Å². The lowest BCUT2D eigenvalue weighted by molar-refractivity contribution is -0.385. The summed E-state index contributed by atoms with van der Waals surface area (Å²) in [5.74, 6) is -1.25. The average Bonchev–Trinajstić information content (AvgIpc) is 2.31. The number of nitrogens with zero attached hydrogens (tertiary/aromatic N) is 1. The number of nitrogen functional groups attached to an aromatic ring is 1. The summed E-state index contributed by atoms with van der Waals surface area (Å²) < 4.78 is 45.4. The number of rotatable bonds is 5. The first-order valence-electron chi connectivity index (χ1n) is 6.03. The van der Waals surface area contributed by atoms with Crippen LogP contribution in [0.5, 0.6) is 0 Å². The highest BCUT2D eigenvalue weighted by Gasteiger charge is 2.35. The van der Waals surface area contributed by atoms with Gasteiger partial charge in [0.15, 0.2) is 5.82 Å². The Labute approximate surface area is 120 Å². The predicted molar refractivity (Wildman–Crippen MR) is 71.6 cm³/mol. The van der Waals surface area contributed by atoms with Gasteiger partial charge in [0.25, 0.3) is 5.69 Å². The van der Waals surface area contributed by atoms with Crippen molar-refractivity contribution < 1.29 is 22.5 Å². The number of nitrogens with two attached hydrogens (primary N) is 1. The molecule has 0 bridgehead atoms. The zero-order chi connectivity index (χ0) is 15.8. The van der Waals surface area contributed by atoms with E-state index < -0.39 is 37.0 Å². The number of non-ortho nitro benzene ring substituents is 1. The number of benzene rings is 1. The molecule has 1 aliphatic carbocycles. The van der Waals surface area contributed by atoms with E-state index in [-0.39, 0.29) is 12.1 Å². The highest BCUT2D eigenvalue weighted by atomic mass is 32.2. The molecule has 2 rings (SSSR count). The minimum atomic E-state index is -4.18. The molecule has 0 unspecified atom stereocenters. The lowest BCUT2D eigenvalue weighted by atomic mass is 9.90. The molecule has 1 aliphatic rings. The van der Waals surface area contributed by atoms with Gasteiger partial charge in [-0.05, 0) is 12.8 Å². The molecule has 0 spiro atoms. The molecule has 0 radical (unpaired) electrons. The second-order valence-corrected chi connectivity index (χ2v) is 6.40. The smallest absolute Gasteiger partial charge is 0.274 e. The molecule has 0 aliphatic heterocycles. The molecule has 21 heavy (non-hydrogen) atoms. The van der Waals surface area contributed by atoms with Gasteiger partial charge in [0, 0.05) is 19.2 Å². The van der Waals surface area contributed by atoms with Gasteiger partial charge in [-0.15, -0.1) is 0 Å². The molecule has 10 heteroatoms. The number of halogens is 1. The summed E-state index contributed by atoms with van der Waals surface area (Å²) in [7, 11) is -2.67. The normalized spacial score (nSPS) is 21.8. The Hall–Kier alpha value is -1.78. The van der Waals surface area contributed by atoms with Gasteiger partial charge in [0.05, 0.1) is 22.8 Å². The van der Waals surface area contributed by atoms with Crippen LogP contribution in [0.1, 0.15) is 12.8 Å². The molecular weight excluding hydrogens is 305 g/mol. The molecule has 1 aromatic carbocycles. The maximum atomic E-state index is 13.9. The summed E-state index contributed by atoms with van der Waals surface area (Å²) in [5, 5.41) is 10.6. The van der Waals surface area contributed by atoms with E-state index in [0.717, 1.165) is 6.07 Å². The van der Waals surface area contributed by atoms with E-state index in [0.29, 0.717) is 18.9 Å². The second kappa shape index (κ2) is 5.54. The van der Waals surface area contributed by atoms with Gasteiger partial charge in [0.1, 0.15) is 4.90 Å². The predicted octanol–water partition coefficient (Wildman–Crippen LogP) is 0.772. The quantitative estimate of drug-likeness (QED) is 0.469. The van der Waals surface area contributed by atoms with Crippen LogP contribution in [0.3, 0.4) is 0 Å². The highest BCUT2D eigenvalue weighted by Crippen LogP contribution is 2.30. The van der Waals surface area contributed by atoms with Gasteiger partial charge in [-0.2, -0.15) is 0 Å². The van der Waals surface area contributed by atoms with Crippen LogP contribution in [-0.2, 0) is 14.8 Å². The Kier molecular flexibility index (Phi) is 4.12. The van der Waals surface area contributed by atoms with Gasteiger partial charge in [0.2, 0.25) is 10.0 Å². The average molecular weight is 319 g/mol. The molecule has 3 N–H and O–H groups in total. The molecule has 0 atom stereocenters. The molecular formula is C11H14FN3O5S. The Morgan fingerprint density at radius 3 is 2.57 bits per heavy atom. The van der Waals surface area contributed by atoms with Crippen LogP contribution in [0, 0.1) is 15.9 Å². The van der Waals surface area contributed by atoms with Crippen molar-refractivity contribution in [3.8, 4) is 0 Å². The fourth-order valence-electron chi connectivity index (χ4n) is 2.12. The van der Waals surface area contributed by atoms with E-state index in [1.807, 2.05) is 0 Å². The maximum absolute atomic E-state index is 13.9. The van der Waals surface area contributed by atoms with Gasteiger partial charge in [-0.3, -0.25) is 10.1 Å². The third-order valence-electron chi connectivity index (χ3n) is 3.29. The molecule has 0 aromatic heterocycles. The van der Waals surface area contributed by atoms with Crippen LogP contribution < -0.4 is 10.5 Å². The molecule has 1 aromatic rings. The van der Waals surface area contributed by atoms with Crippen LogP contribution in [0.4, 0.5) is 15.8 Å². The Balaban J connectivity index is 2.26. The number of nitro benzene ring substituents is 1. The summed E-state index contributed by atoms with van der Waals surface area (Å²) in [6.45, 7) is 0. The summed E-state index contributed by atoms with van der Waals surface area (Å²) >= 11 is 0. The van der Waals surface area contributed by atoms with E-state index in [1.54, 1.807) is 0 Å². The van der Waals surface area contributed by atoms with Gasteiger partial charge in [-0.25, -0.2) is 17.5 Å². The van der Waals surface area contributed by atoms with Gasteiger partial charge < -0.3 is 10.5 Å². The number of hydrogen-bond acceptors (Lipinski definition) is 6. The second-order valence-electron chi connectivity index (χ2n) is 4.75. The summed E-state index contributed by atoms with van der Waals surface area (Å²) in [6.07, 6.45) is 0.922. The van der Waals surface area contributed by atoms with Crippen LogP contribution in [-0.4, -0.2) is 32.6 Å². The van der Waals surface area contributed by atoms with Crippen LogP contribution in [0.25, 0.3) is 0 Å². The van der Waals surface area contributed by atoms with Crippen molar-refractivity contribution in [3.05, 3.63) is 28.1 Å². The first-order valence-corrected chi connectivity index (χ1v) is 7.51. The zero-order valence-electron chi connectivity index (χ0n) is 11.1. The number of anilines is 1. The van der Waals surface area contributed by atoms with Crippen molar-refractivity contribution in [2.24, 2.45) is 0 Å². The lowest BCUT2D eigenvalue weighted by Crippen LogP contribution is -2.47. The van der Waals surface area contributed by atoms with Crippen LogP contribution in [0.2, 0.25) is 0 Å². The third kappa shape index (κ3) is 3.12. The largest absolute Gasteiger partial charge is 0.397 e. The summed E-state index contributed by atoms with van der Waals surface area (Å²) in [4.78, 5) is 8.95. The summed E-state index contributed by atoms with van der Waals surface area (Å²) in [6, 6.07) is 0.981. The summed E-state index contributed by atoms with van der Waals surface area (Å²) in [5.41, 5.74) is 4.34. The van der Waals surface area contributed by atoms with Crippen molar-refractivity contribution in [1.82, 2.24) is 4.72 Å². The van der Waals surface area contributed by atoms with Gasteiger partial charge >= 0.3 is 0 Å². The minimum absolute atomic E-state index is 0.0308. The van der Waals surface area contributed by atoms with E-state index in [1.165, 1.54) is 7.11 Å². The Morgan fingerprint density at radius 2 is 2.10 bits per heavy atom. The fourth-order valence-corrected chi connectivity index (χ4v) is 3.56. The first kappa shape index (κ1) is 15.6. The Bertz CT molecular complexity index is 649. The minimum Gasteiger partial charge on any atom is -0.397 e. The molecule has 1 saturated carbocycles. The van der Waals surface area contributed by atoms with Crippen LogP contribution in [0.15, 0.2) is 17.0 Å². The molecule has 0 heterocycles. The van der Waals surface area contributed by atoms with Crippen molar-refractivity contribution in [2.75, 3.05) is 12.8 Å². The van der Waals surface area contributed by atoms with E-state index in [9.17, 15) is 22.9 Å². The maximum Gasteiger partial charge on any atom is 0.274 e. The molecule has 0 saturated heterocycles. The van der Waals surface area contributed by atoms with Crippen molar-refractivity contribution >= 4 is 21.4 Å². The zero-order valence-corrected chi connectivity index (χ0v) is 11.9. The topological polar surface area (TPSA) is 125 Å². The number of methoxy groups -OCH3 is 1. The first-order chi connectivity index (χ1) is 9.74. The number of nitrogens with one attached hydrogen (secondary N) is 1.